The number of unbranched alkanes of at least 4 members (excludes halogenated alkanes) is 2. The van der Waals surface area contributed by atoms with Crippen molar-refractivity contribution < 1.29 is 14.4 Å². The van der Waals surface area contributed by atoms with Crippen molar-refractivity contribution >= 4 is 17.7 Å². The second-order valence-corrected chi connectivity index (χ2v) is 4.98. The molecule has 0 radical (unpaired) electrons. The predicted molar refractivity (Wildman–Crippen MR) is 105 cm³/mol. The van der Waals surface area contributed by atoms with Gasteiger partial charge in [-0.3, -0.25) is 14.4 Å². The lowest BCUT2D eigenvalue weighted by molar-refractivity contribution is -0.124. The highest BCUT2D eigenvalue weighted by molar-refractivity contribution is 5.87. The van der Waals surface area contributed by atoms with Crippen molar-refractivity contribution in [3.05, 3.63) is 38.0 Å². The third kappa shape index (κ3) is 24.0. The standard InChI is InChI=1S/C8H15NO.C7H13NO.C4H7NO/c1-4-6-7-9(3)8(10)5-2;1-3-5-6-8-7(9)4-2;1-3-4(6)5-2/h5H,2,4,6-7H2,1,3H3;4H,2-3,5-6H2,1H3,(H,8,9);3H,1H2,2H3,(H,5,6). The fourth-order valence-corrected chi connectivity index (χ4v) is 1.22. The third-order valence-electron chi connectivity index (χ3n) is 2.84. The van der Waals surface area contributed by atoms with Crippen LogP contribution in [0.3, 0.4) is 0 Å². The average molecular weight is 354 g/mol. The largest absolute Gasteiger partial charge is 0.356 e. The first-order chi connectivity index (χ1) is 11.8. The van der Waals surface area contributed by atoms with E-state index in [9.17, 15) is 14.4 Å². The summed E-state index contributed by atoms with van der Waals surface area (Å²) in [4.78, 5) is 32.9. The molecule has 0 fully saturated rings. The molecule has 0 aliphatic carbocycles. The Bertz CT molecular complexity index is 407. The van der Waals surface area contributed by atoms with E-state index in [1.807, 2.05) is 0 Å². The molecule has 0 saturated heterocycles. The third-order valence-corrected chi connectivity index (χ3v) is 2.84. The Morgan fingerprint density at radius 1 is 0.920 bits per heavy atom. The number of nitrogens with zero attached hydrogens (tertiary/aromatic N) is 1. The van der Waals surface area contributed by atoms with E-state index in [4.69, 9.17) is 0 Å². The maximum atomic E-state index is 10.8. The van der Waals surface area contributed by atoms with Crippen molar-refractivity contribution in [2.45, 2.75) is 39.5 Å². The van der Waals surface area contributed by atoms with Crippen LogP contribution in [0.25, 0.3) is 0 Å². The molecule has 0 unspecified atom stereocenters. The van der Waals surface area contributed by atoms with Gasteiger partial charge in [-0.05, 0) is 31.1 Å². The monoisotopic (exact) mass is 353 g/mol. The van der Waals surface area contributed by atoms with E-state index in [1.165, 1.54) is 18.2 Å². The van der Waals surface area contributed by atoms with Crippen LogP contribution in [0.4, 0.5) is 0 Å². The molecule has 0 aromatic carbocycles. The first-order valence-corrected chi connectivity index (χ1v) is 8.46. The van der Waals surface area contributed by atoms with Gasteiger partial charge in [0.2, 0.25) is 17.7 Å². The molecule has 0 saturated carbocycles. The van der Waals surface area contributed by atoms with Gasteiger partial charge in [-0.15, -0.1) is 0 Å². The predicted octanol–water partition coefficient (Wildman–Crippen LogP) is 2.44. The van der Waals surface area contributed by atoms with E-state index in [0.29, 0.717) is 0 Å². The van der Waals surface area contributed by atoms with Crippen LogP contribution in [-0.2, 0) is 14.4 Å². The van der Waals surface area contributed by atoms with Crippen molar-refractivity contribution in [1.29, 1.82) is 0 Å². The molecule has 0 spiro atoms. The molecule has 0 heterocycles. The van der Waals surface area contributed by atoms with Crippen molar-refractivity contribution in [3.8, 4) is 0 Å². The minimum absolute atomic E-state index is 0.00782. The summed E-state index contributed by atoms with van der Waals surface area (Å²) in [6.07, 6.45) is 8.19. The zero-order valence-corrected chi connectivity index (χ0v) is 16.3. The first kappa shape index (κ1) is 27.5. The van der Waals surface area contributed by atoms with Crippen LogP contribution in [0, 0.1) is 0 Å². The quantitative estimate of drug-likeness (QED) is 0.494. The minimum atomic E-state index is -0.144. The second kappa shape index (κ2) is 21.6. The zero-order valence-electron chi connectivity index (χ0n) is 16.3. The van der Waals surface area contributed by atoms with Gasteiger partial charge in [0.05, 0.1) is 0 Å². The Morgan fingerprint density at radius 3 is 1.76 bits per heavy atom. The Hall–Kier alpha value is -2.37. The number of carbonyl (C=O) groups is 3. The average Bonchev–Trinajstić information content (AvgIpc) is 2.65. The Morgan fingerprint density at radius 2 is 1.44 bits per heavy atom. The molecule has 0 aromatic rings. The smallest absolute Gasteiger partial charge is 0.245 e. The number of rotatable bonds is 9. The van der Waals surface area contributed by atoms with Crippen LogP contribution in [0.2, 0.25) is 0 Å². The van der Waals surface area contributed by atoms with Crippen molar-refractivity contribution in [1.82, 2.24) is 15.5 Å². The summed E-state index contributed by atoms with van der Waals surface area (Å²) in [5.74, 6) is -0.216. The van der Waals surface area contributed by atoms with Gasteiger partial charge in [0, 0.05) is 27.2 Å². The van der Waals surface area contributed by atoms with E-state index in [1.54, 1.807) is 19.0 Å². The number of carbonyl (C=O) groups excluding carboxylic acids is 3. The van der Waals surface area contributed by atoms with Crippen LogP contribution in [0.5, 0.6) is 0 Å². The summed E-state index contributed by atoms with van der Waals surface area (Å²) < 4.78 is 0. The highest BCUT2D eigenvalue weighted by Gasteiger charge is 2.00. The van der Waals surface area contributed by atoms with Crippen molar-refractivity contribution in [3.63, 3.8) is 0 Å². The summed E-state index contributed by atoms with van der Waals surface area (Å²) in [5.41, 5.74) is 0. The molecule has 6 nitrogen and oxygen atoms in total. The molecular formula is C19H35N3O3. The lowest BCUT2D eigenvalue weighted by Gasteiger charge is -2.13. The molecule has 3 amide bonds. The Balaban J connectivity index is -0.000000300. The highest BCUT2D eigenvalue weighted by Crippen LogP contribution is 1.92. The summed E-state index contributed by atoms with van der Waals surface area (Å²) in [6, 6.07) is 0. The van der Waals surface area contributed by atoms with Gasteiger partial charge < -0.3 is 15.5 Å². The Kier molecular flexibility index (Phi) is 23.8. The van der Waals surface area contributed by atoms with Gasteiger partial charge in [-0.2, -0.15) is 0 Å². The van der Waals surface area contributed by atoms with Crippen LogP contribution in [0.1, 0.15) is 39.5 Å². The van der Waals surface area contributed by atoms with Crippen LogP contribution < -0.4 is 10.6 Å². The molecule has 2 N–H and O–H groups in total. The van der Waals surface area contributed by atoms with Gasteiger partial charge in [0.25, 0.3) is 0 Å². The van der Waals surface area contributed by atoms with Crippen LogP contribution in [0.15, 0.2) is 38.0 Å². The van der Waals surface area contributed by atoms with E-state index in [0.717, 1.165) is 38.8 Å². The first-order valence-electron chi connectivity index (χ1n) is 8.46. The number of hydrogen-bond donors (Lipinski definition) is 2. The number of hydrogen-bond acceptors (Lipinski definition) is 3. The van der Waals surface area contributed by atoms with E-state index in [-0.39, 0.29) is 17.7 Å². The fourth-order valence-electron chi connectivity index (χ4n) is 1.22. The summed E-state index contributed by atoms with van der Waals surface area (Å²) in [5, 5.41) is 5.03. The lowest BCUT2D eigenvalue weighted by atomic mass is 10.3. The van der Waals surface area contributed by atoms with Crippen molar-refractivity contribution in [2.24, 2.45) is 0 Å². The molecule has 144 valence electrons. The van der Waals surface area contributed by atoms with Crippen molar-refractivity contribution in [2.75, 3.05) is 27.2 Å². The van der Waals surface area contributed by atoms with Gasteiger partial charge in [-0.25, -0.2) is 0 Å². The topological polar surface area (TPSA) is 78.5 Å². The number of likely N-dealkylation sites (N-methyl/N-ethyl adjacent to an activating group) is 2. The van der Waals surface area contributed by atoms with Crippen LogP contribution in [-0.4, -0.2) is 49.8 Å². The molecule has 0 atom stereocenters. The maximum absolute atomic E-state index is 10.8. The normalized spacial score (nSPS) is 8.32. The lowest BCUT2D eigenvalue weighted by Crippen LogP contribution is -2.25. The van der Waals surface area contributed by atoms with Gasteiger partial charge >= 0.3 is 0 Å². The number of amides is 3. The highest BCUT2D eigenvalue weighted by atomic mass is 16.2. The molecule has 0 aromatic heterocycles. The van der Waals surface area contributed by atoms with Gasteiger partial charge in [-0.1, -0.05) is 46.4 Å². The molecule has 0 aliphatic rings. The SMILES string of the molecule is C=CC(=O)N(C)CCCC.C=CC(=O)NC.C=CC(=O)NCCCC. The molecule has 0 bridgehead atoms. The van der Waals surface area contributed by atoms with Gasteiger partial charge in [0.15, 0.2) is 0 Å². The zero-order chi connectivity index (χ0) is 20.1. The molecule has 0 rings (SSSR count). The second-order valence-electron chi connectivity index (χ2n) is 4.98. The summed E-state index contributed by atoms with van der Waals surface area (Å²) in [7, 11) is 3.35. The van der Waals surface area contributed by atoms with E-state index >= 15 is 0 Å². The van der Waals surface area contributed by atoms with Gasteiger partial charge in [0.1, 0.15) is 0 Å². The minimum Gasteiger partial charge on any atom is -0.356 e. The maximum Gasteiger partial charge on any atom is 0.245 e. The molecule has 25 heavy (non-hydrogen) atoms. The van der Waals surface area contributed by atoms with E-state index < -0.39 is 0 Å². The van der Waals surface area contributed by atoms with E-state index in [2.05, 4.69) is 44.2 Å². The number of nitrogens with one attached hydrogen (secondary N) is 2. The molecular weight excluding hydrogens is 318 g/mol. The molecule has 6 heteroatoms. The molecule has 0 aliphatic heterocycles. The fraction of sp³-hybridized carbons (Fsp3) is 0.526. The summed E-state index contributed by atoms with van der Waals surface area (Å²) in [6.45, 7) is 15.7. The summed E-state index contributed by atoms with van der Waals surface area (Å²) >= 11 is 0. The van der Waals surface area contributed by atoms with Crippen LogP contribution >= 0.6 is 0 Å². The Labute approximate surface area is 153 Å².